The molecule has 5 aromatic rings. The highest BCUT2D eigenvalue weighted by atomic mass is 32.2. The summed E-state index contributed by atoms with van der Waals surface area (Å²) in [7, 11) is 0. The number of benzene rings is 3. The summed E-state index contributed by atoms with van der Waals surface area (Å²) in [6.45, 7) is 5.31. The molecule has 0 spiro atoms. The summed E-state index contributed by atoms with van der Waals surface area (Å²) in [5.41, 5.74) is 2.57. The lowest BCUT2D eigenvalue weighted by atomic mass is 10.1. The second-order valence-electron chi connectivity index (χ2n) is 11.5. The van der Waals surface area contributed by atoms with Gasteiger partial charge in [-0.05, 0) is 86.0 Å². The Balaban J connectivity index is 1.32. The molecule has 5 rings (SSSR count). The van der Waals surface area contributed by atoms with Gasteiger partial charge in [0.05, 0.1) is 22.3 Å². The van der Waals surface area contributed by atoms with Crippen LogP contribution < -0.4 is 21.3 Å². The van der Waals surface area contributed by atoms with Crippen molar-refractivity contribution in [1.29, 1.82) is 0 Å². The van der Waals surface area contributed by atoms with Gasteiger partial charge in [0.1, 0.15) is 10.7 Å². The first-order valence-corrected chi connectivity index (χ1v) is 18.4. The zero-order valence-corrected chi connectivity index (χ0v) is 30.8. The van der Waals surface area contributed by atoms with E-state index >= 15 is 0 Å². The van der Waals surface area contributed by atoms with Gasteiger partial charge >= 0.3 is 5.97 Å². The Bertz CT molecular complexity index is 2120. The lowest BCUT2D eigenvalue weighted by Gasteiger charge is -2.16. The number of carbonyl (C=O) groups excluding carboxylic acids is 5. The first kappa shape index (κ1) is 38.2. The fraction of sp³-hybridized carbons (Fsp3) is 0.150. The number of para-hydroxylation sites is 1. The molecule has 1 atom stereocenters. The number of ether oxygens (including phenoxy) is 1. The predicted octanol–water partition coefficient (Wildman–Crippen LogP) is 7.80. The van der Waals surface area contributed by atoms with Crippen LogP contribution in [-0.2, 0) is 14.3 Å². The van der Waals surface area contributed by atoms with Gasteiger partial charge < -0.3 is 26.0 Å². The lowest BCUT2D eigenvalue weighted by Crippen LogP contribution is -2.30. The van der Waals surface area contributed by atoms with E-state index in [9.17, 15) is 24.0 Å². The molecule has 53 heavy (non-hydrogen) atoms. The predicted molar refractivity (Wildman–Crippen MR) is 209 cm³/mol. The smallest absolute Gasteiger partial charge is 0.341 e. The normalized spacial score (nSPS) is 11.6. The van der Waals surface area contributed by atoms with E-state index in [-0.39, 0.29) is 33.7 Å². The summed E-state index contributed by atoms with van der Waals surface area (Å²) in [6.07, 6.45) is 5.14. The van der Waals surface area contributed by atoms with E-state index in [0.29, 0.717) is 39.4 Å². The summed E-state index contributed by atoms with van der Waals surface area (Å²) < 4.78 is 5.28. The van der Waals surface area contributed by atoms with E-state index in [0.717, 1.165) is 11.3 Å². The maximum Gasteiger partial charge on any atom is 0.341 e. The van der Waals surface area contributed by atoms with Gasteiger partial charge in [0, 0.05) is 34.2 Å². The Labute approximate surface area is 315 Å². The first-order valence-electron chi connectivity index (χ1n) is 16.7. The number of rotatable bonds is 14. The zero-order chi connectivity index (χ0) is 37.7. The Morgan fingerprint density at radius 2 is 1.55 bits per heavy atom. The Morgan fingerprint density at radius 3 is 2.23 bits per heavy atom. The van der Waals surface area contributed by atoms with E-state index in [4.69, 9.17) is 4.74 Å². The Morgan fingerprint density at radius 1 is 0.830 bits per heavy atom. The number of hydrogen-bond donors (Lipinski definition) is 4. The fourth-order valence-corrected chi connectivity index (χ4v) is 7.18. The number of nitrogens with zero attached hydrogens (tertiary/aromatic N) is 1. The molecule has 0 fully saturated rings. The number of aromatic nitrogens is 1. The van der Waals surface area contributed by atoms with Crippen LogP contribution in [-0.4, -0.2) is 46.4 Å². The minimum atomic E-state index is -0.642. The minimum absolute atomic E-state index is 0.0104. The molecule has 0 saturated heterocycles. The highest BCUT2D eigenvalue weighted by Gasteiger charge is 2.29. The SMILES string of the molecule is CCOC(=O)c1c(NC(=O)C(CC)Sc2cccc(NC(=O)/C(=C/c3cccnc3)NC(=O)c3ccccc3)c2)sc(C(=O)Nc2ccccc2)c1C. The third-order valence-corrected chi connectivity index (χ3v) is 10.2. The third-order valence-electron chi connectivity index (χ3n) is 7.66. The van der Waals surface area contributed by atoms with Gasteiger partial charge in [-0.3, -0.25) is 24.2 Å². The quantitative estimate of drug-likeness (QED) is 0.0510. The van der Waals surface area contributed by atoms with Gasteiger partial charge in [0.2, 0.25) is 5.91 Å². The number of nitrogens with one attached hydrogen (secondary N) is 4. The van der Waals surface area contributed by atoms with Crippen LogP contribution in [0.5, 0.6) is 0 Å². The third kappa shape index (κ3) is 10.3. The summed E-state index contributed by atoms with van der Waals surface area (Å²) >= 11 is 2.28. The fourth-order valence-electron chi connectivity index (χ4n) is 5.07. The summed E-state index contributed by atoms with van der Waals surface area (Å²) in [6, 6.07) is 27.9. The van der Waals surface area contributed by atoms with E-state index in [1.165, 1.54) is 17.8 Å². The summed E-state index contributed by atoms with van der Waals surface area (Å²) in [4.78, 5) is 71.6. The van der Waals surface area contributed by atoms with Crippen LogP contribution in [0.4, 0.5) is 16.4 Å². The molecule has 0 radical (unpaired) electrons. The van der Waals surface area contributed by atoms with Gasteiger partial charge in [-0.15, -0.1) is 23.1 Å². The van der Waals surface area contributed by atoms with E-state index in [1.54, 1.807) is 111 Å². The molecule has 0 aliphatic carbocycles. The molecule has 11 nitrogen and oxygen atoms in total. The molecule has 3 aromatic carbocycles. The number of hydrogen-bond acceptors (Lipinski definition) is 9. The van der Waals surface area contributed by atoms with Crippen LogP contribution in [0.1, 0.15) is 61.8 Å². The van der Waals surface area contributed by atoms with Gasteiger partial charge in [0.25, 0.3) is 17.7 Å². The maximum absolute atomic E-state index is 13.7. The van der Waals surface area contributed by atoms with Crippen LogP contribution >= 0.6 is 23.1 Å². The monoisotopic (exact) mass is 747 g/mol. The molecule has 0 bridgehead atoms. The average Bonchev–Trinajstić information content (AvgIpc) is 3.50. The largest absolute Gasteiger partial charge is 0.462 e. The van der Waals surface area contributed by atoms with Crippen LogP contribution in [0.15, 0.2) is 120 Å². The molecule has 270 valence electrons. The Hall–Kier alpha value is -6.05. The molecule has 0 aliphatic heterocycles. The first-order chi connectivity index (χ1) is 25.7. The second-order valence-corrected chi connectivity index (χ2v) is 13.7. The highest BCUT2D eigenvalue weighted by molar-refractivity contribution is 8.00. The molecule has 0 saturated carbocycles. The number of esters is 1. The highest BCUT2D eigenvalue weighted by Crippen LogP contribution is 2.36. The molecular weight excluding hydrogens is 711 g/mol. The van der Waals surface area contributed by atoms with Crippen molar-refractivity contribution in [2.45, 2.75) is 37.3 Å². The van der Waals surface area contributed by atoms with Crippen LogP contribution in [0, 0.1) is 6.92 Å². The van der Waals surface area contributed by atoms with Gasteiger partial charge in [0.15, 0.2) is 0 Å². The van der Waals surface area contributed by atoms with Crippen molar-refractivity contribution in [2.24, 2.45) is 0 Å². The lowest BCUT2D eigenvalue weighted by molar-refractivity contribution is -0.116. The van der Waals surface area contributed by atoms with E-state index in [2.05, 4.69) is 26.3 Å². The van der Waals surface area contributed by atoms with E-state index < -0.39 is 28.9 Å². The number of thioether (sulfide) groups is 1. The van der Waals surface area contributed by atoms with E-state index in [1.807, 2.05) is 19.1 Å². The van der Waals surface area contributed by atoms with Crippen molar-refractivity contribution in [2.75, 3.05) is 22.6 Å². The molecule has 0 aliphatic rings. The van der Waals surface area contributed by atoms with Crippen LogP contribution in [0.2, 0.25) is 0 Å². The van der Waals surface area contributed by atoms with Gasteiger partial charge in [-0.2, -0.15) is 0 Å². The standard InChI is InChI=1S/C40H37N5O6S2/c1-4-32(37(48)45-39-33(40(50)51-5-2)25(3)34(53-39)38(49)42-28-17-10-7-11-18-28)52-30-20-12-19-29(23-30)43-36(47)31(22-26-14-13-21-41-24-26)44-35(46)27-15-8-6-9-16-27/h6-24,32H,4-5H2,1-3H3,(H,42,49)(H,43,47)(H,44,46)(H,45,48)/b31-22-. The number of carbonyl (C=O) groups is 5. The molecule has 4 N–H and O–H groups in total. The zero-order valence-electron chi connectivity index (χ0n) is 29.2. The number of thiophene rings is 1. The number of pyridine rings is 1. The van der Waals surface area contributed by atoms with Crippen LogP contribution in [0.25, 0.3) is 6.08 Å². The number of anilines is 3. The minimum Gasteiger partial charge on any atom is -0.462 e. The van der Waals surface area contributed by atoms with Crippen molar-refractivity contribution in [3.63, 3.8) is 0 Å². The Kier molecular flexibility index (Phi) is 13.3. The topological polar surface area (TPSA) is 156 Å². The van der Waals surface area contributed by atoms with Crippen molar-refractivity contribution in [1.82, 2.24) is 10.3 Å². The molecular formula is C40H37N5O6S2. The number of amides is 4. The van der Waals surface area contributed by atoms with Gasteiger partial charge in [-0.1, -0.05) is 55.5 Å². The molecule has 1 unspecified atom stereocenters. The van der Waals surface area contributed by atoms with Crippen molar-refractivity contribution >= 4 is 75.1 Å². The van der Waals surface area contributed by atoms with Crippen molar-refractivity contribution < 1.29 is 28.7 Å². The van der Waals surface area contributed by atoms with Crippen molar-refractivity contribution in [3.05, 3.63) is 142 Å². The summed E-state index contributed by atoms with van der Waals surface area (Å²) in [5.74, 6) is -2.44. The maximum atomic E-state index is 13.7. The van der Waals surface area contributed by atoms with Crippen molar-refractivity contribution in [3.8, 4) is 0 Å². The molecule has 4 amide bonds. The second kappa shape index (κ2) is 18.4. The van der Waals surface area contributed by atoms with Crippen LogP contribution in [0.3, 0.4) is 0 Å². The van der Waals surface area contributed by atoms with Gasteiger partial charge in [-0.25, -0.2) is 4.79 Å². The molecule has 13 heteroatoms. The summed E-state index contributed by atoms with van der Waals surface area (Å²) in [5, 5.41) is 10.9. The molecule has 2 aromatic heterocycles. The molecule has 2 heterocycles. The average molecular weight is 748 g/mol.